The van der Waals surface area contributed by atoms with Crippen molar-refractivity contribution in [2.75, 3.05) is 6.54 Å². The summed E-state index contributed by atoms with van der Waals surface area (Å²) in [6.45, 7) is 10.8. The van der Waals surface area contributed by atoms with Gasteiger partial charge in [-0.15, -0.1) is 11.3 Å². The Bertz CT molecular complexity index is 525. The minimum atomic E-state index is 0.825. The van der Waals surface area contributed by atoms with E-state index in [0.29, 0.717) is 0 Å². The maximum absolute atomic E-state index is 4.61. The molecule has 0 unspecified atom stereocenters. The molecule has 0 bridgehead atoms. The van der Waals surface area contributed by atoms with Gasteiger partial charge in [-0.05, 0) is 32.7 Å². The average Bonchev–Trinajstić information content (AvgIpc) is 2.80. The highest BCUT2D eigenvalue weighted by Crippen LogP contribution is 2.20. The lowest BCUT2D eigenvalue weighted by atomic mass is 10.1. The summed E-state index contributed by atoms with van der Waals surface area (Å²) < 4.78 is 2.23. The molecule has 106 valence electrons. The van der Waals surface area contributed by atoms with Crippen molar-refractivity contribution < 1.29 is 0 Å². The molecule has 0 fully saturated rings. The van der Waals surface area contributed by atoms with E-state index in [1.54, 1.807) is 11.3 Å². The van der Waals surface area contributed by atoms with E-state index in [4.69, 9.17) is 0 Å². The monoisotopic (exact) mass is 279 g/mol. The third kappa shape index (κ3) is 3.80. The summed E-state index contributed by atoms with van der Waals surface area (Å²) in [5.74, 6) is 0.825. The van der Waals surface area contributed by atoms with Gasteiger partial charge in [-0.25, -0.2) is 4.98 Å². The minimum absolute atomic E-state index is 0.825. The van der Waals surface area contributed by atoms with Crippen LogP contribution in [-0.4, -0.2) is 15.9 Å². The van der Waals surface area contributed by atoms with Crippen LogP contribution >= 0.6 is 11.3 Å². The lowest BCUT2D eigenvalue weighted by molar-refractivity contribution is 0.519. The van der Waals surface area contributed by atoms with Crippen molar-refractivity contribution in [1.29, 1.82) is 0 Å². The Hall–Kier alpha value is -0.870. The van der Waals surface area contributed by atoms with E-state index in [-0.39, 0.29) is 0 Å². The molecule has 0 aliphatic rings. The molecule has 3 nitrogen and oxygen atoms in total. The second-order valence-electron chi connectivity index (χ2n) is 5.70. The molecule has 0 aliphatic carbocycles. The number of hydrogen-bond donors (Lipinski definition) is 1. The molecule has 0 saturated heterocycles. The molecule has 4 heteroatoms. The SMILES string of the molecule is Cc1cn2c(CNCCCCC(C)C)c(C)nc2s1. The molecule has 0 aliphatic heterocycles. The van der Waals surface area contributed by atoms with Crippen LogP contribution < -0.4 is 5.32 Å². The summed E-state index contributed by atoms with van der Waals surface area (Å²) in [6.07, 6.45) is 6.11. The summed E-state index contributed by atoms with van der Waals surface area (Å²) in [4.78, 5) is 7.05. The van der Waals surface area contributed by atoms with Crippen LogP contribution in [0.15, 0.2) is 6.20 Å². The van der Waals surface area contributed by atoms with E-state index in [1.807, 2.05) is 0 Å². The lowest BCUT2D eigenvalue weighted by Crippen LogP contribution is -2.16. The topological polar surface area (TPSA) is 29.3 Å². The van der Waals surface area contributed by atoms with Gasteiger partial charge in [0, 0.05) is 17.6 Å². The molecule has 2 aromatic heterocycles. The number of imidazole rings is 1. The Morgan fingerprint density at radius 3 is 2.84 bits per heavy atom. The number of thiazole rings is 1. The van der Waals surface area contributed by atoms with E-state index in [9.17, 15) is 0 Å². The molecular weight excluding hydrogens is 254 g/mol. The zero-order valence-corrected chi connectivity index (χ0v) is 13.3. The van der Waals surface area contributed by atoms with Gasteiger partial charge in [0.25, 0.3) is 0 Å². The number of rotatable bonds is 7. The van der Waals surface area contributed by atoms with E-state index < -0.39 is 0 Å². The maximum atomic E-state index is 4.61. The summed E-state index contributed by atoms with van der Waals surface area (Å²) in [5, 5.41) is 3.55. The first-order valence-electron chi connectivity index (χ1n) is 7.22. The molecule has 2 heterocycles. The number of unbranched alkanes of at least 4 members (excludes halogenated alkanes) is 1. The number of aryl methyl sites for hydroxylation is 2. The van der Waals surface area contributed by atoms with Crippen LogP contribution in [0.3, 0.4) is 0 Å². The quantitative estimate of drug-likeness (QED) is 0.778. The van der Waals surface area contributed by atoms with Crippen molar-refractivity contribution in [2.24, 2.45) is 5.92 Å². The van der Waals surface area contributed by atoms with Crippen LogP contribution in [0.4, 0.5) is 0 Å². The van der Waals surface area contributed by atoms with Crippen LogP contribution in [0.5, 0.6) is 0 Å². The Kier molecular flexibility index (Phi) is 4.99. The molecular formula is C15H25N3S. The number of nitrogens with zero attached hydrogens (tertiary/aromatic N) is 2. The number of aromatic nitrogens is 2. The van der Waals surface area contributed by atoms with Gasteiger partial charge in [0.15, 0.2) is 4.96 Å². The second-order valence-corrected chi connectivity index (χ2v) is 6.92. The highest BCUT2D eigenvalue weighted by Gasteiger charge is 2.10. The Morgan fingerprint density at radius 2 is 2.11 bits per heavy atom. The van der Waals surface area contributed by atoms with Crippen molar-refractivity contribution in [2.45, 2.75) is 53.5 Å². The van der Waals surface area contributed by atoms with E-state index in [2.05, 4.69) is 48.6 Å². The van der Waals surface area contributed by atoms with Crippen molar-refractivity contribution >= 4 is 16.3 Å². The molecule has 1 N–H and O–H groups in total. The van der Waals surface area contributed by atoms with Gasteiger partial charge in [-0.2, -0.15) is 0 Å². The summed E-state index contributed by atoms with van der Waals surface area (Å²) in [7, 11) is 0. The number of fused-ring (bicyclic) bond motifs is 1. The summed E-state index contributed by atoms with van der Waals surface area (Å²) >= 11 is 1.76. The first-order chi connectivity index (χ1) is 9.08. The van der Waals surface area contributed by atoms with E-state index in [0.717, 1.165) is 29.7 Å². The standard InChI is InChI=1S/C15H25N3S/c1-11(2)7-5-6-8-16-9-14-13(4)17-15-18(14)10-12(3)19-15/h10-11,16H,5-9H2,1-4H3. The fourth-order valence-corrected chi connectivity index (χ4v) is 3.22. The Labute approximate surface area is 120 Å². The normalized spacial score (nSPS) is 11.8. The highest BCUT2D eigenvalue weighted by atomic mass is 32.1. The van der Waals surface area contributed by atoms with Crippen LogP contribution in [-0.2, 0) is 6.54 Å². The predicted molar refractivity (Wildman–Crippen MR) is 82.9 cm³/mol. The van der Waals surface area contributed by atoms with Gasteiger partial charge < -0.3 is 5.32 Å². The summed E-state index contributed by atoms with van der Waals surface area (Å²) in [6, 6.07) is 0. The Balaban J connectivity index is 1.82. The smallest absolute Gasteiger partial charge is 0.194 e. The van der Waals surface area contributed by atoms with Gasteiger partial charge >= 0.3 is 0 Å². The first-order valence-corrected chi connectivity index (χ1v) is 8.04. The van der Waals surface area contributed by atoms with E-state index in [1.165, 1.54) is 29.8 Å². The fraction of sp³-hybridized carbons (Fsp3) is 0.667. The van der Waals surface area contributed by atoms with Crippen LogP contribution in [0.25, 0.3) is 4.96 Å². The molecule has 0 amide bonds. The molecule has 0 aromatic carbocycles. The molecule has 0 spiro atoms. The third-order valence-electron chi connectivity index (χ3n) is 3.42. The third-order valence-corrected chi connectivity index (χ3v) is 4.32. The predicted octanol–water partition coefficient (Wildman–Crippen LogP) is 3.93. The van der Waals surface area contributed by atoms with Gasteiger partial charge in [-0.3, -0.25) is 4.40 Å². The van der Waals surface area contributed by atoms with Gasteiger partial charge in [0.1, 0.15) is 0 Å². The Morgan fingerprint density at radius 1 is 1.32 bits per heavy atom. The van der Waals surface area contributed by atoms with Crippen LogP contribution in [0, 0.1) is 19.8 Å². The highest BCUT2D eigenvalue weighted by molar-refractivity contribution is 7.17. The van der Waals surface area contributed by atoms with Crippen LogP contribution in [0.1, 0.15) is 49.4 Å². The second kappa shape index (κ2) is 6.53. The molecule has 0 saturated carbocycles. The number of hydrogen-bond acceptors (Lipinski definition) is 3. The van der Waals surface area contributed by atoms with Gasteiger partial charge in [0.2, 0.25) is 0 Å². The van der Waals surface area contributed by atoms with Gasteiger partial charge in [0.05, 0.1) is 11.4 Å². The molecule has 2 rings (SSSR count). The van der Waals surface area contributed by atoms with Crippen molar-refractivity contribution in [3.05, 3.63) is 22.5 Å². The first kappa shape index (κ1) is 14.5. The zero-order chi connectivity index (χ0) is 13.8. The van der Waals surface area contributed by atoms with Crippen molar-refractivity contribution in [3.8, 4) is 0 Å². The maximum Gasteiger partial charge on any atom is 0.194 e. The number of nitrogens with one attached hydrogen (secondary N) is 1. The average molecular weight is 279 g/mol. The van der Waals surface area contributed by atoms with Gasteiger partial charge in [-0.1, -0.05) is 26.7 Å². The van der Waals surface area contributed by atoms with Crippen LogP contribution in [0.2, 0.25) is 0 Å². The largest absolute Gasteiger partial charge is 0.311 e. The molecule has 19 heavy (non-hydrogen) atoms. The van der Waals surface area contributed by atoms with E-state index >= 15 is 0 Å². The minimum Gasteiger partial charge on any atom is -0.311 e. The van der Waals surface area contributed by atoms with Crippen molar-refractivity contribution in [3.63, 3.8) is 0 Å². The molecule has 0 atom stereocenters. The lowest BCUT2D eigenvalue weighted by Gasteiger charge is -2.06. The molecule has 2 aromatic rings. The van der Waals surface area contributed by atoms with Crippen molar-refractivity contribution in [1.82, 2.24) is 14.7 Å². The summed E-state index contributed by atoms with van der Waals surface area (Å²) in [5.41, 5.74) is 2.46. The zero-order valence-electron chi connectivity index (χ0n) is 12.5. The molecule has 0 radical (unpaired) electrons. The fourth-order valence-electron chi connectivity index (χ4n) is 2.33.